The monoisotopic (exact) mass is 421 g/mol. The van der Waals surface area contributed by atoms with Crippen molar-refractivity contribution in [1.29, 1.82) is 0 Å². The Morgan fingerprint density at radius 3 is 2.27 bits per heavy atom. The zero-order chi connectivity index (χ0) is 21.3. The molecular weight excluding hydrogens is 398 g/mol. The van der Waals surface area contributed by atoms with Crippen molar-refractivity contribution in [1.82, 2.24) is 5.32 Å². The lowest BCUT2D eigenvalue weighted by molar-refractivity contribution is 0.100. The van der Waals surface area contributed by atoms with Crippen molar-refractivity contribution in [3.05, 3.63) is 95.0 Å². The standard InChI is InChI=1S/C24H24ClN3O2/c1-17(2)30-22-14-12-21(13-15-22)27-24(26-16-18-8-10-20(25)11-9-18)28-23(29)19-6-4-3-5-7-19/h3-15,17H,16H2,1-2H3,(H2,26,27,28,29). The van der Waals surface area contributed by atoms with Crippen LogP contribution in [0.1, 0.15) is 29.8 Å². The summed E-state index contributed by atoms with van der Waals surface area (Å²) in [6, 6.07) is 23.9. The third-order valence-corrected chi connectivity index (χ3v) is 4.35. The molecule has 3 aromatic rings. The number of carbonyl (C=O) groups is 1. The molecular formula is C24H24ClN3O2. The third kappa shape index (κ3) is 6.64. The Balaban J connectivity index is 1.76. The smallest absolute Gasteiger partial charge is 0.280 e. The van der Waals surface area contributed by atoms with Crippen LogP contribution in [0, 0.1) is 0 Å². The van der Waals surface area contributed by atoms with Crippen LogP contribution in [0.3, 0.4) is 0 Å². The average Bonchev–Trinajstić information content (AvgIpc) is 2.74. The number of guanidine groups is 1. The predicted octanol–water partition coefficient (Wildman–Crippen LogP) is 5.53. The molecule has 0 heterocycles. The largest absolute Gasteiger partial charge is 0.491 e. The van der Waals surface area contributed by atoms with Crippen LogP contribution in [0.5, 0.6) is 5.75 Å². The van der Waals surface area contributed by atoms with E-state index in [1.54, 1.807) is 12.1 Å². The van der Waals surface area contributed by atoms with Gasteiger partial charge < -0.3 is 15.4 Å². The summed E-state index contributed by atoms with van der Waals surface area (Å²) in [5.41, 5.74) is 2.32. The van der Waals surface area contributed by atoms with Gasteiger partial charge in [-0.1, -0.05) is 41.9 Å². The Morgan fingerprint density at radius 2 is 1.63 bits per heavy atom. The van der Waals surface area contributed by atoms with Gasteiger partial charge in [0.15, 0.2) is 0 Å². The van der Waals surface area contributed by atoms with Crippen molar-refractivity contribution in [2.45, 2.75) is 26.5 Å². The molecule has 0 radical (unpaired) electrons. The molecule has 0 bridgehead atoms. The molecule has 30 heavy (non-hydrogen) atoms. The topological polar surface area (TPSA) is 62.7 Å². The van der Waals surface area contributed by atoms with Crippen LogP contribution < -0.4 is 15.4 Å². The van der Waals surface area contributed by atoms with Gasteiger partial charge in [-0.05, 0) is 67.9 Å². The number of benzene rings is 3. The number of amides is 1. The van der Waals surface area contributed by atoms with Gasteiger partial charge in [0, 0.05) is 22.8 Å². The van der Waals surface area contributed by atoms with Crippen molar-refractivity contribution >= 4 is 29.2 Å². The lowest BCUT2D eigenvalue weighted by Gasteiger charge is -2.14. The summed E-state index contributed by atoms with van der Waals surface area (Å²) < 4.78 is 5.67. The second-order valence-corrected chi connectivity index (χ2v) is 7.36. The summed E-state index contributed by atoms with van der Waals surface area (Å²) in [5.74, 6) is 0.807. The fourth-order valence-electron chi connectivity index (χ4n) is 2.67. The van der Waals surface area contributed by atoms with E-state index < -0.39 is 0 Å². The minimum absolute atomic E-state index is 0.102. The molecule has 5 nitrogen and oxygen atoms in total. The van der Waals surface area contributed by atoms with Crippen LogP contribution in [-0.2, 0) is 6.54 Å². The summed E-state index contributed by atoms with van der Waals surface area (Å²) in [5, 5.41) is 7.05. The first-order valence-electron chi connectivity index (χ1n) is 9.70. The number of nitrogens with zero attached hydrogens (tertiary/aromatic N) is 1. The Labute approximate surface area is 181 Å². The fourth-order valence-corrected chi connectivity index (χ4v) is 2.80. The van der Waals surface area contributed by atoms with E-state index in [-0.39, 0.29) is 12.0 Å². The van der Waals surface area contributed by atoms with Crippen LogP contribution in [0.25, 0.3) is 0 Å². The van der Waals surface area contributed by atoms with E-state index in [0.29, 0.717) is 23.1 Å². The molecule has 0 atom stereocenters. The summed E-state index contributed by atoms with van der Waals surface area (Å²) >= 11 is 5.95. The Bertz CT molecular complexity index is 985. The lowest BCUT2D eigenvalue weighted by atomic mass is 10.2. The molecule has 0 saturated heterocycles. The molecule has 0 aliphatic rings. The van der Waals surface area contributed by atoms with E-state index in [0.717, 1.165) is 17.0 Å². The maximum absolute atomic E-state index is 12.6. The first kappa shape index (κ1) is 21.4. The van der Waals surface area contributed by atoms with E-state index in [2.05, 4.69) is 15.6 Å². The molecule has 3 rings (SSSR count). The van der Waals surface area contributed by atoms with E-state index >= 15 is 0 Å². The van der Waals surface area contributed by atoms with Crippen molar-refractivity contribution in [2.24, 2.45) is 4.99 Å². The molecule has 0 aromatic heterocycles. The summed E-state index contributed by atoms with van der Waals surface area (Å²) in [7, 11) is 0. The van der Waals surface area contributed by atoms with Crippen molar-refractivity contribution < 1.29 is 9.53 Å². The highest BCUT2D eigenvalue weighted by Crippen LogP contribution is 2.17. The van der Waals surface area contributed by atoms with E-state index in [4.69, 9.17) is 16.3 Å². The van der Waals surface area contributed by atoms with Gasteiger partial charge in [0.2, 0.25) is 5.96 Å². The predicted molar refractivity (Wildman–Crippen MR) is 122 cm³/mol. The minimum atomic E-state index is -0.332. The minimum Gasteiger partial charge on any atom is -0.491 e. The van der Waals surface area contributed by atoms with Crippen molar-refractivity contribution in [3.63, 3.8) is 0 Å². The number of anilines is 1. The van der Waals surface area contributed by atoms with Gasteiger partial charge >= 0.3 is 0 Å². The van der Waals surface area contributed by atoms with Gasteiger partial charge in [0.1, 0.15) is 5.75 Å². The molecule has 0 spiro atoms. The molecule has 154 valence electrons. The number of hydrogen-bond donors (Lipinski definition) is 2. The van der Waals surface area contributed by atoms with E-state index in [1.807, 2.05) is 80.6 Å². The molecule has 0 fully saturated rings. The number of rotatable bonds is 6. The highest BCUT2D eigenvalue weighted by atomic mass is 35.5. The van der Waals surface area contributed by atoms with Crippen molar-refractivity contribution in [3.8, 4) is 5.75 Å². The number of aliphatic imine (C=N–C) groups is 1. The molecule has 1 amide bonds. The quantitative estimate of drug-likeness (QED) is 0.406. The van der Waals surface area contributed by atoms with Crippen LogP contribution in [0.15, 0.2) is 83.9 Å². The van der Waals surface area contributed by atoms with Gasteiger partial charge in [-0.2, -0.15) is 4.99 Å². The first-order chi connectivity index (χ1) is 14.5. The van der Waals surface area contributed by atoms with Gasteiger partial charge in [-0.15, -0.1) is 0 Å². The highest BCUT2D eigenvalue weighted by molar-refractivity contribution is 6.30. The number of ether oxygens (including phenoxy) is 1. The fraction of sp³-hybridized carbons (Fsp3) is 0.167. The van der Waals surface area contributed by atoms with Crippen LogP contribution >= 0.6 is 11.6 Å². The first-order valence-corrected chi connectivity index (χ1v) is 10.1. The van der Waals surface area contributed by atoms with Crippen LogP contribution in [0.4, 0.5) is 5.69 Å². The molecule has 3 aromatic carbocycles. The second-order valence-electron chi connectivity index (χ2n) is 6.93. The maximum Gasteiger partial charge on any atom is 0.280 e. The summed E-state index contributed by atoms with van der Waals surface area (Å²) in [4.78, 5) is 16.8. The zero-order valence-corrected chi connectivity index (χ0v) is 17.7. The number of halogens is 1. The normalized spacial score (nSPS) is 11.3. The summed E-state index contributed by atoms with van der Waals surface area (Å²) in [6.07, 6.45) is 0.102. The number of hydrogen-bond acceptors (Lipinski definition) is 2. The molecule has 0 aliphatic carbocycles. The van der Waals surface area contributed by atoms with E-state index in [9.17, 15) is 4.79 Å². The highest BCUT2D eigenvalue weighted by Gasteiger charge is 2.08. The summed E-state index contributed by atoms with van der Waals surface area (Å²) in [6.45, 7) is 4.44. The van der Waals surface area contributed by atoms with E-state index in [1.165, 1.54) is 0 Å². The number of nitrogens with one attached hydrogen (secondary N) is 2. The molecule has 0 unspecified atom stereocenters. The molecule has 0 aliphatic heterocycles. The van der Waals surface area contributed by atoms with Crippen molar-refractivity contribution in [2.75, 3.05) is 5.32 Å². The maximum atomic E-state index is 12.6. The Kier molecular flexibility index (Phi) is 7.46. The van der Waals surface area contributed by atoms with Crippen LogP contribution in [0.2, 0.25) is 5.02 Å². The van der Waals surface area contributed by atoms with Gasteiger partial charge in [0.25, 0.3) is 5.91 Å². The second kappa shape index (κ2) is 10.5. The average molecular weight is 422 g/mol. The lowest BCUT2D eigenvalue weighted by Crippen LogP contribution is -2.31. The molecule has 0 saturated carbocycles. The molecule has 2 N–H and O–H groups in total. The van der Waals surface area contributed by atoms with Gasteiger partial charge in [0.05, 0.1) is 6.10 Å². The number of carbonyl (C=O) groups excluding carboxylic acids is 1. The van der Waals surface area contributed by atoms with Crippen LogP contribution in [-0.4, -0.2) is 18.0 Å². The third-order valence-electron chi connectivity index (χ3n) is 4.10. The van der Waals surface area contributed by atoms with Gasteiger partial charge in [-0.25, -0.2) is 0 Å². The molecule has 6 heteroatoms. The Hall–Kier alpha value is -3.31. The Morgan fingerprint density at radius 1 is 0.967 bits per heavy atom. The SMILES string of the molecule is CC(C)Oc1ccc(N/C(=N/C(=O)c2ccccc2)NCc2ccc(Cl)cc2)cc1. The van der Waals surface area contributed by atoms with Gasteiger partial charge in [-0.3, -0.25) is 4.79 Å². The zero-order valence-electron chi connectivity index (χ0n) is 16.9.